The number of hydrogen-bond donors (Lipinski definition) is 3. The zero-order valence-corrected chi connectivity index (χ0v) is 11.1. The molecule has 1 aliphatic carbocycles. The maximum absolute atomic E-state index is 12.3. The second kappa shape index (κ2) is 5.10. The second-order valence-electron chi connectivity index (χ2n) is 5.53. The van der Waals surface area contributed by atoms with Crippen LogP contribution in [0, 0.1) is 5.92 Å². The van der Waals surface area contributed by atoms with Gasteiger partial charge in [-0.25, -0.2) is 4.98 Å². The minimum atomic E-state index is -0.710. The van der Waals surface area contributed by atoms with E-state index in [2.05, 4.69) is 22.2 Å². The first-order chi connectivity index (χ1) is 8.51. The summed E-state index contributed by atoms with van der Waals surface area (Å²) >= 11 is 0. The molecule has 0 spiro atoms. The molecule has 4 N–H and O–H groups in total. The summed E-state index contributed by atoms with van der Waals surface area (Å²) in [6.45, 7) is 4.07. The molecule has 100 valence electrons. The van der Waals surface area contributed by atoms with Gasteiger partial charge in [0.1, 0.15) is 5.82 Å². The fourth-order valence-electron chi connectivity index (χ4n) is 2.72. The lowest BCUT2D eigenvalue weighted by Gasteiger charge is -2.36. The van der Waals surface area contributed by atoms with Gasteiger partial charge in [-0.2, -0.15) is 0 Å². The smallest absolute Gasteiger partial charge is 0.240 e. The molecule has 3 atom stereocenters. The van der Waals surface area contributed by atoms with Crippen molar-refractivity contribution >= 4 is 5.91 Å². The molecule has 0 radical (unpaired) electrons. The highest BCUT2D eigenvalue weighted by Crippen LogP contribution is 2.30. The van der Waals surface area contributed by atoms with E-state index in [9.17, 15) is 4.79 Å². The van der Waals surface area contributed by atoms with Crippen molar-refractivity contribution < 1.29 is 4.79 Å². The zero-order chi connectivity index (χ0) is 13.2. The number of hydrogen-bond acceptors (Lipinski definition) is 3. The van der Waals surface area contributed by atoms with Gasteiger partial charge in [-0.15, -0.1) is 0 Å². The predicted octanol–water partition coefficient (Wildman–Crippen LogP) is 1.49. The molecule has 1 saturated carbocycles. The number of carbonyl (C=O) groups is 1. The van der Waals surface area contributed by atoms with Gasteiger partial charge in [0.2, 0.25) is 5.91 Å². The summed E-state index contributed by atoms with van der Waals surface area (Å²) in [5.41, 5.74) is 5.54. The molecule has 1 fully saturated rings. The Morgan fingerprint density at radius 3 is 3.11 bits per heavy atom. The number of nitrogens with one attached hydrogen (secondary N) is 2. The average Bonchev–Trinajstić information content (AvgIpc) is 2.81. The number of carbonyl (C=O) groups excluding carboxylic acids is 1. The number of imidazole rings is 1. The predicted molar refractivity (Wildman–Crippen MR) is 69.7 cm³/mol. The Kier molecular flexibility index (Phi) is 3.71. The van der Waals surface area contributed by atoms with Crippen LogP contribution in [0.2, 0.25) is 0 Å². The van der Waals surface area contributed by atoms with Crippen molar-refractivity contribution in [2.75, 3.05) is 0 Å². The highest BCUT2D eigenvalue weighted by molar-refractivity contribution is 5.86. The molecule has 1 heterocycles. The summed E-state index contributed by atoms with van der Waals surface area (Å²) in [4.78, 5) is 19.4. The van der Waals surface area contributed by atoms with Gasteiger partial charge in [0.25, 0.3) is 0 Å². The zero-order valence-electron chi connectivity index (χ0n) is 11.1. The fourth-order valence-corrected chi connectivity index (χ4v) is 2.72. The summed E-state index contributed by atoms with van der Waals surface area (Å²) in [5.74, 6) is 1.22. The van der Waals surface area contributed by atoms with Gasteiger partial charge in [-0.1, -0.05) is 19.8 Å². The van der Waals surface area contributed by atoms with Gasteiger partial charge in [-0.3, -0.25) is 4.79 Å². The topological polar surface area (TPSA) is 83.8 Å². The summed E-state index contributed by atoms with van der Waals surface area (Å²) in [5, 5.41) is 2.96. The Labute approximate surface area is 108 Å². The molecular weight excluding hydrogens is 228 g/mol. The highest BCUT2D eigenvalue weighted by atomic mass is 16.2. The maximum atomic E-state index is 12.3. The van der Waals surface area contributed by atoms with Crippen molar-refractivity contribution in [1.82, 2.24) is 15.3 Å². The molecule has 0 aliphatic heterocycles. The van der Waals surface area contributed by atoms with Crippen molar-refractivity contribution in [2.24, 2.45) is 11.7 Å². The Morgan fingerprint density at radius 1 is 1.72 bits per heavy atom. The highest BCUT2D eigenvalue weighted by Gasteiger charge is 2.38. The number of nitrogens with zero attached hydrogens (tertiary/aromatic N) is 1. The molecule has 1 aliphatic rings. The van der Waals surface area contributed by atoms with Crippen LogP contribution in [0.25, 0.3) is 0 Å². The summed E-state index contributed by atoms with van der Waals surface area (Å²) in [6, 6.07) is -0.134. The molecule has 0 bridgehead atoms. The van der Waals surface area contributed by atoms with Crippen LogP contribution >= 0.6 is 0 Å². The molecule has 5 nitrogen and oxygen atoms in total. The van der Waals surface area contributed by atoms with Crippen LogP contribution in [0.4, 0.5) is 0 Å². The third-order valence-corrected chi connectivity index (χ3v) is 3.76. The summed E-state index contributed by atoms with van der Waals surface area (Å²) in [7, 11) is 0. The van der Waals surface area contributed by atoms with E-state index >= 15 is 0 Å². The first kappa shape index (κ1) is 13.1. The molecular formula is C13H22N4O. The van der Waals surface area contributed by atoms with Gasteiger partial charge in [0.15, 0.2) is 0 Å². The molecule has 18 heavy (non-hydrogen) atoms. The van der Waals surface area contributed by atoms with E-state index in [4.69, 9.17) is 5.73 Å². The quantitative estimate of drug-likeness (QED) is 0.760. The Hall–Kier alpha value is -1.36. The molecule has 3 unspecified atom stereocenters. The van der Waals surface area contributed by atoms with Gasteiger partial charge < -0.3 is 16.0 Å². The third-order valence-electron chi connectivity index (χ3n) is 3.76. The first-order valence-electron chi connectivity index (χ1n) is 6.60. The SMILES string of the molecule is CC1CCCC(N)(C(=O)NC(C)c2ncc[nH]2)C1. The normalized spacial score (nSPS) is 29.8. The molecule has 1 aromatic heterocycles. The molecule has 0 aromatic carbocycles. The molecule has 1 amide bonds. The van der Waals surface area contributed by atoms with Crippen molar-refractivity contribution in [3.05, 3.63) is 18.2 Å². The fraction of sp³-hybridized carbons (Fsp3) is 0.692. The molecule has 1 aromatic rings. The third kappa shape index (κ3) is 2.72. The van der Waals surface area contributed by atoms with E-state index in [0.29, 0.717) is 5.92 Å². The van der Waals surface area contributed by atoms with E-state index < -0.39 is 5.54 Å². The lowest BCUT2D eigenvalue weighted by Crippen LogP contribution is -2.56. The first-order valence-corrected chi connectivity index (χ1v) is 6.60. The van der Waals surface area contributed by atoms with Gasteiger partial charge in [0.05, 0.1) is 11.6 Å². The minimum absolute atomic E-state index is 0.0575. The van der Waals surface area contributed by atoms with Crippen molar-refractivity contribution in [2.45, 2.75) is 51.1 Å². The molecule has 5 heteroatoms. The van der Waals surface area contributed by atoms with E-state index in [0.717, 1.165) is 25.1 Å². The Balaban J connectivity index is 1.98. The van der Waals surface area contributed by atoms with Crippen LogP contribution in [0.1, 0.15) is 51.4 Å². The Bertz CT molecular complexity index is 403. The number of aromatic amines is 1. The minimum Gasteiger partial charge on any atom is -0.347 e. The lowest BCUT2D eigenvalue weighted by atomic mass is 9.76. The van der Waals surface area contributed by atoms with Crippen LogP contribution in [0.5, 0.6) is 0 Å². The molecule has 0 saturated heterocycles. The average molecular weight is 250 g/mol. The number of rotatable bonds is 3. The largest absolute Gasteiger partial charge is 0.347 e. The lowest BCUT2D eigenvalue weighted by molar-refractivity contribution is -0.128. The summed E-state index contributed by atoms with van der Waals surface area (Å²) < 4.78 is 0. The standard InChI is InChI=1S/C13H22N4O/c1-9-4-3-5-13(14,8-9)12(18)17-10(2)11-15-6-7-16-11/h6-7,9-10H,3-5,8,14H2,1-2H3,(H,15,16)(H,17,18). The van der Waals surface area contributed by atoms with Crippen LogP contribution in [-0.4, -0.2) is 21.4 Å². The van der Waals surface area contributed by atoms with Crippen LogP contribution < -0.4 is 11.1 Å². The van der Waals surface area contributed by atoms with Crippen molar-refractivity contribution in [3.8, 4) is 0 Å². The van der Waals surface area contributed by atoms with Crippen molar-refractivity contribution in [1.29, 1.82) is 0 Å². The van der Waals surface area contributed by atoms with Crippen LogP contribution in [-0.2, 0) is 4.79 Å². The second-order valence-corrected chi connectivity index (χ2v) is 5.53. The maximum Gasteiger partial charge on any atom is 0.240 e. The number of H-pyrrole nitrogens is 1. The van der Waals surface area contributed by atoms with Gasteiger partial charge in [-0.05, 0) is 25.7 Å². The number of aromatic nitrogens is 2. The van der Waals surface area contributed by atoms with Gasteiger partial charge in [0, 0.05) is 12.4 Å². The number of amides is 1. The van der Waals surface area contributed by atoms with E-state index in [1.54, 1.807) is 12.4 Å². The van der Waals surface area contributed by atoms with Crippen molar-refractivity contribution in [3.63, 3.8) is 0 Å². The monoisotopic (exact) mass is 250 g/mol. The van der Waals surface area contributed by atoms with Crippen LogP contribution in [0.15, 0.2) is 12.4 Å². The number of nitrogens with two attached hydrogens (primary N) is 1. The van der Waals surface area contributed by atoms with E-state index in [1.807, 2.05) is 6.92 Å². The van der Waals surface area contributed by atoms with Crippen LogP contribution in [0.3, 0.4) is 0 Å². The van der Waals surface area contributed by atoms with E-state index in [-0.39, 0.29) is 11.9 Å². The Morgan fingerprint density at radius 2 is 2.50 bits per heavy atom. The molecule has 2 rings (SSSR count). The van der Waals surface area contributed by atoms with E-state index in [1.165, 1.54) is 6.42 Å². The summed E-state index contributed by atoms with van der Waals surface area (Å²) in [6.07, 6.45) is 7.16. The van der Waals surface area contributed by atoms with Gasteiger partial charge >= 0.3 is 0 Å².